The van der Waals surface area contributed by atoms with Gasteiger partial charge in [-0.3, -0.25) is 0 Å². The highest BCUT2D eigenvalue weighted by molar-refractivity contribution is 7.33. The molecule has 0 fully saturated rings. The molecular formula is C10H14Cl2Si. The lowest BCUT2D eigenvalue weighted by molar-refractivity contribution is 0.792. The van der Waals surface area contributed by atoms with Crippen molar-refractivity contribution >= 4 is 29.6 Å². The van der Waals surface area contributed by atoms with E-state index in [1.165, 1.54) is 18.4 Å². The molecule has 0 saturated carbocycles. The smallest absolute Gasteiger partial charge is 0.150 e. The van der Waals surface area contributed by atoms with Crippen LogP contribution in [-0.2, 0) is 6.42 Å². The predicted molar refractivity (Wildman–Crippen MR) is 63.0 cm³/mol. The van der Waals surface area contributed by atoms with Gasteiger partial charge in [0.05, 0.1) is 0 Å². The zero-order valence-corrected chi connectivity index (χ0v) is 10.2. The molecule has 0 amide bonds. The van der Waals surface area contributed by atoms with E-state index in [9.17, 15) is 0 Å². The fourth-order valence-electron chi connectivity index (χ4n) is 1.27. The fourth-order valence-corrected chi connectivity index (χ4v) is 2.80. The molecule has 0 N–H and O–H groups in total. The summed E-state index contributed by atoms with van der Waals surface area (Å²) in [5.74, 6) is 0. The molecule has 0 aliphatic heterocycles. The molecular weight excluding hydrogens is 219 g/mol. The van der Waals surface area contributed by atoms with Crippen molar-refractivity contribution in [2.45, 2.75) is 25.3 Å². The van der Waals surface area contributed by atoms with Crippen LogP contribution in [0.1, 0.15) is 18.4 Å². The largest absolute Gasteiger partial charge is 0.237 e. The van der Waals surface area contributed by atoms with Crippen LogP contribution in [0.3, 0.4) is 0 Å². The molecule has 1 aromatic rings. The Morgan fingerprint density at radius 2 is 1.69 bits per heavy atom. The summed E-state index contributed by atoms with van der Waals surface area (Å²) < 4.78 is 0. The van der Waals surface area contributed by atoms with E-state index in [1.807, 2.05) is 6.07 Å². The first-order valence-electron chi connectivity index (χ1n) is 4.61. The number of halogens is 2. The van der Waals surface area contributed by atoms with Gasteiger partial charge in [-0.05, 0) is 24.4 Å². The van der Waals surface area contributed by atoms with E-state index in [2.05, 4.69) is 24.3 Å². The van der Waals surface area contributed by atoms with Crippen molar-refractivity contribution in [3.8, 4) is 0 Å². The maximum atomic E-state index is 5.76. The van der Waals surface area contributed by atoms with Crippen LogP contribution in [0.2, 0.25) is 6.04 Å². The van der Waals surface area contributed by atoms with Crippen LogP contribution in [-0.4, -0.2) is 7.42 Å². The summed E-state index contributed by atoms with van der Waals surface area (Å²) in [6.07, 6.45) is 3.52. The molecule has 0 nitrogen and oxygen atoms in total. The minimum absolute atomic E-state index is 1.04. The van der Waals surface area contributed by atoms with Crippen LogP contribution in [0, 0.1) is 0 Å². The minimum atomic E-state index is -1.35. The van der Waals surface area contributed by atoms with Crippen LogP contribution >= 0.6 is 22.2 Å². The quantitative estimate of drug-likeness (QED) is 0.413. The Labute approximate surface area is 90.9 Å². The van der Waals surface area contributed by atoms with Gasteiger partial charge in [-0.15, -0.1) is 0 Å². The topological polar surface area (TPSA) is 0 Å². The standard InChI is InChI=1S/C10H14Cl2Si/c11-13(12)9-5-4-8-10-6-2-1-3-7-10/h1-3,6-7,13H,4-5,8-9H2. The van der Waals surface area contributed by atoms with Gasteiger partial charge in [-0.2, -0.15) is 22.2 Å². The molecule has 0 unspecified atom stereocenters. The molecule has 0 atom stereocenters. The summed E-state index contributed by atoms with van der Waals surface area (Å²) in [7, 11) is -1.35. The van der Waals surface area contributed by atoms with Crippen molar-refractivity contribution in [1.82, 2.24) is 0 Å². The third-order valence-corrected chi connectivity index (χ3v) is 4.13. The summed E-state index contributed by atoms with van der Waals surface area (Å²) in [4.78, 5) is 0. The third kappa shape index (κ3) is 5.35. The van der Waals surface area contributed by atoms with Gasteiger partial charge in [-0.1, -0.05) is 36.8 Å². The Morgan fingerprint density at radius 1 is 1.00 bits per heavy atom. The third-order valence-electron chi connectivity index (χ3n) is 1.98. The molecule has 0 heterocycles. The molecule has 0 aromatic heterocycles. The zero-order chi connectivity index (χ0) is 9.52. The highest BCUT2D eigenvalue weighted by Gasteiger charge is 2.00. The summed E-state index contributed by atoms with van der Waals surface area (Å²) in [5, 5.41) is 0. The number of benzene rings is 1. The summed E-state index contributed by atoms with van der Waals surface area (Å²) in [5.41, 5.74) is 1.41. The monoisotopic (exact) mass is 232 g/mol. The van der Waals surface area contributed by atoms with Crippen molar-refractivity contribution in [2.24, 2.45) is 0 Å². The average molecular weight is 233 g/mol. The summed E-state index contributed by atoms with van der Waals surface area (Å²) in [6, 6.07) is 11.6. The molecule has 0 aliphatic carbocycles. The van der Waals surface area contributed by atoms with Crippen molar-refractivity contribution in [3.63, 3.8) is 0 Å². The SMILES string of the molecule is Cl[SiH](Cl)CCCCc1ccccc1. The average Bonchev–Trinajstić information content (AvgIpc) is 2.14. The second kappa shape index (κ2) is 6.47. The molecule has 1 rings (SSSR count). The lowest BCUT2D eigenvalue weighted by Gasteiger charge is -2.00. The highest BCUT2D eigenvalue weighted by atomic mass is 35.7. The fraction of sp³-hybridized carbons (Fsp3) is 0.400. The van der Waals surface area contributed by atoms with Crippen LogP contribution in [0.5, 0.6) is 0 Å². The van der Waals surface area contributed by atoms with Crippen LogP contribution < -0.4 is 0 Å². The Balaban J connectivity index is 2.13. The second-order valence-electron chi connectivity index (χ2n) is 3.12. The summed E-state index contributed by atoms with van der Waals surface area (Å²) >= 11 is 11.5. The first-order chi connectivity index (χ1) is 6.29. The van der Waals surface area contributed by atoms with Gasteiger partial charge in [-0.25, -0.2) is 0 Å². The van der Waals surface area contributed by atoms with Gasteiger partial charge in [0, 0.05) is 0 Å². The van der Waals surface area contributed by atoms with E-state index in [1.54, 1.807) is 0 Å². The van der Waals surface area contributed by atoms with E-state index in [-0.39, 0.29) is 0 Å². The first-order valence-corrected chi connectivity index (χ1v) is 8.92. The van der Waals surface area contributed by atoms with Gasteiger partial charge >= 0.3 is 0 Å². The van der Waals surface area contributed by atoms with Crippen molar-refractivity contribution in [3.05, 3.63) is 35.9 Å². The number of hydrogen-bond donors (Lipinski definition) is 0. The molecule has 0 aliphatic rings. The highest BCUT2D eigenvalue weighted by Crippen LogP contribution is 2.11. The zero-order valence-electron chi connectivity index (χ0n) is 7.55. The molecule has 72 valence electrons. The van der Waals surface area contributed by atoms with Gasteiger partial charge in [0.15, 0.2) is 0 Å². The Kier molecular flexibility index (Phi) is 5.52. The molecule has 0 spiro atoms. The molecule has 3 heteroatoms. The van der Waals surface area contributed by atoms with Crippen LogP contribution in [0.4, 0.5) is 0 Å². The van der Waals surface area contributed by atoms with Gasteiger partial charge < -0.3 is 0 Å². The number of aryl methyl sites for hydroxylation is 1. The van der Waals surface area contributed by atoms with E-state index >= 15 is 0 Å². The van der Waals surface area contributed by atoms with E-state index in [4.69, 9.17) is 22.2 Å². The lowest BCUT2D eigenvalue weighted by atomic mass is 10.1. The maximum absolute atomic E-state index is 5.76. The van der Waals surface area contributed by atoms with E-state index in [0.717, 1.165) is 12.5 Å². The van der Waals surface area contributed by atoms with Crippen molar-refractivity contribution in [1.29, 1.82) is 0 Å². The van der Waals surface area contributed by atoms with Crippen LogP contribution in [0.15, 0.2) is 30.3 Å². The molecule has 13 heavy (non-hydrogen) atoms. The van der Waals surface area contributed by atoms with Crippen molar-refractivity contribution < 1.29 is 0 Å². The lowest BCUT2D eigenvalue weighted by Crippen LogP contribution is -1.92. The van der Waals surface area contributed by atoms with Gasteiger partial charge in [0.25, 0.3) is 0 Å². The second-order valence-corrected chi connectivity index (χ2v) is 8.31. The maximum Gasteiger partial charge on any atom is 0.237 e. The Bertz CT molecular complexity index is 224. The number of unbranched alkanes of at least 4 members (excludes halogenated alkanes) is 1. The minimum Gasteiger partial charge on any atom is -0.150 e. The van der Waals surface area contributed by atoms with E-state index < -0.39 is 7.42 Å². The first kappa shape index (κ1) is 11.1. The molecule has 0 radical (unpaired) electrons. The number of rotatable bonds is 5. The molecule has 0 bridgehead atoms. The number of hydrogen-bond acceptors (Lipinski definition) is 0. The Morgan fingerprint density at radius 3 is 2.31 bits per heavy atom. The normalized spacial score (nSPS) is 10.7. The van der Waals surface area contributed by atoms with Gasteiger partial charge in [0.2, 0.25) is 7.42 Å². The van der Waals surface area contributed by atoms with E-state index in [0.29, 0.717) is 0 Å². The molecule has 0 saturated heterocycles. The molecule has 1 aromatic carbocycles. The summed E-state index contributed by atoms with van der Waals surface area (Å²) in [6.45, 7) is 0. The van der Waals surface area contributed by atoms with Gasteiger partial charge in [0.1, 0.15) is 0 Å². The van der Waals surface area contributed by atoms with Crippen LogP contribution in [0.25, 0.3) is 0 Å². The van der Waals surface area contributed by atoms with Crippen molar-refractivity contribution in [2.75, 3.05) is 0 Å². The predicted octanol–water partition coefficient (Wildman–Crippen LogP) is 3.71. The Hall–Kier alpha value is 0.0169.